The lowest BCUT2D eigenvalue weighted by atomic mass is 9.97. The summed E-state index contributed by atoms with van der Waals surface area (Å²) in [4.78, 5) is 19.0. The van der Waals surface area contributed by atoms with Crippen LogP contribution in [0.15, 0.2) is 6.20 Å². The van der Waals surface area contributed by atoms with Crippen molar-refractivity contribution in [1.82, 2.24) is 9.97 Å². The molecule has 3 N–H and O–H groups in total. The van der Waals surface area contributed by atoms with E-state index >= 15 is 0 Å². The summed E-state index contributed by atoms with van der Waals surface area (Å²) in [5.74, 6) is -0.423. The molecule has 0 aromatic carbocycles. The maximum atomic E-state index is 11.1. The first-order valence-corrected chi connectivity index (χ1v) is 6.07. The minimum Gasteiger partial charge on any atom is -0.477 e. The molecule has 19 heavy (non-hydrogen) atoms. The van der Waals surface area contributed by atoms with Crippen LogP contribution in [0.25, 0.3) is 0 Å². The Kier molecular flexibility index (Phi) is 3.68. The third-order valence-electron chi connectivity index (χ3n) is 3.36. The Morgan fingerprint density at radius 1 is 1.68 bits per heavy atom. The van der Waals surface area contributed by atoms with E-state index in [1.54, 1.807) is 13.8 Å². The highest BCUT2D eigenvalue weighted by atomic mass is 16.5. The summed E-state index contributed by atoms with van der Waals surface area (Å²) >= 11 is 0. The fourth-order valence-corrected chi connectivity index (χ4v) is 2.00. The molecular weight excluding hydrogens is 250 g/mol. The Hall–Kier alpha value is -1.73. The molecule has 0 radical (unpaired) electrons. The van der Waals surface area contributed by atoms with Crippen molar-refractivity contribution in [3.05, 3.63) is 17.6 Å². The van der Waals surface area contributed by atoms with E-state index in [9.17, 15) is 9.90 Å². The number of aromatic carboxylic acids is 1. The van der Waals surface area contributed by atoms with E-state index in [1.807, 2.05) is 0 Å². The molecule has 7 nitrogen and oxygen atoms in total. The van der Waals surface area contributed by atoms with Gasteiger partial charge in [-0.1, -0.05) is 0 Å². The molecule has 1 aliphatic heterocycles. The number of aryl methyl sites for hydroxylation is 1. The SMILES string of the molecule is Cc1ncc(C(=O)O)c(NCC2(O)CCOC2C)n1. The Morgan fingerprint density at radius 3 is 3.00 bits per heavy atom. The lowest BCUT2D eigenvalue weighted by molar-refractivity contribution is -0.0176. The molecule has 0 spiro atoms. The standard InChI is InChI=1S/C12H17N3O4/c1-7-12(18,3-4-19-7)6-14-10-9(11(16)17)5-13-8(2)15-10/h5,7,18H,3-4,6H2,1-2H3,(H,16,17)(H,13,14,15). The summed E-state index contributed by atoms with van der Waals surface area (Å²) in [6, 6.07) is 0. The predicted octanol–water partition coefficient (Wildman–Crippen LogP) is 0.435. The molecule has 1 aliphatic rings. The number of ether oxygens (including phenoxy) is 1. The molecule has 2 rings (SSSR count). The van der Waals surface area contributed by atoms with Crippen LogP contribution in [0.2, 0.25) is 0 Å². The van der Waals surface area contributed by atoms with Crippen molar-refractivity contribution in [3.63, 3.8) is 0 Å². The number of carbonyl (C=O) groups is 1. The number of aliphatic hydroxyl groups is 1. The number of carboxylic acid groups (broad SMARTS) is 1. The molecule has 1 aromatic heterocycles. The molecule has 104 valence electrons. The van der Waals surface area contributed by atoms with Gasteiger partial charge in [0.2, 0.25) is 0 Å². The lowest BCUT2D eigenvalue weighted by Gasteiger charge is -2.26. The van der Waals surface area contributed by atoms with E-state index in [4.69, 9.17) is 9.84 Å². The van der Waals surface area contributed by atoms with Gasteiger partial charge in [-0.05, 0) is 13.8 Å². The van der Waals surface area contributed by atoms with Crippen LogP contribution in [0.4, 0.5) is 5.82 Å². The predicted molar refractivity (Wildman–Crippen MR) is 67.2 cm³/mol. The van der Waals surface area contributed by atoms with Gasteiger partial charge in [0.25, 0.3) is 0 Å². The van der Waals surface area contributed by atoms with Crippen LogP contribution in [0.5, 0.6) is 0 Å². The zero-order valence-corrected chi connectivity index (χ0v) is 10.9. The third-order valence-corrected chi connectivity index (χ3v) is 3.36. The molecule has 1 aromatic rings. The molecule has 0 saturated carbocycles. The number of carboxylic acids is 1. The number of rotatable bonds is 4. The van der Waals surface area contributed by atoms with Crippen LogP contribution in [-0.4, -0.2) is 51.0 Å². The summed E-state index contributed by atoms with van der Waals surface area (Å²) in [6.45, 7) is 4.14. The minimum absolute atomic E-state index is 0.0132. The number of anilines is 1. The van der Waals surface area contributed by atoms with Crippen molar-refractivity contribution in [1.29, 1.82) is 0 Å². The van der Waals surface area contributed by atoms with E-state index in [-0.39, 0.29) is 24.0 Å². The normalized spacial score (nSPS) is 26.4. The van der Waals surface area contributed by atoms with Gasteiger partial charge < -0.3 is 20.3 Å². The highest BCUT2D eigenvalue weighted by Crippen LogP contribution is 2.26. The second-order valence-corrected chi connectivity index (χ2v) is 4.70. The molecule has 1 saturated heterocycles. The first-order chi connectivity index (χ1) is 8.92. The van der Waals surface area contributed by atoms with Crippen molar-refractivity contribution in [2.75, 3.05) is 18.5 Å². The number of hydrogen-bond donors (Lipinski definition) is 3. The van der Waals surface area contributed by atoms with Gasteiger partial charge in [-0.2, -0.15) is 0 Å². The molecule has 0 amide bonds. The van der Waals surface area contributed by atoms with Gasteiger partial charge in [0.05, 0.1) is 6.10 Å². The Bertz CT molecular complexity index is 494. The summed E-state index contributed by atoms with van der Waals surface area (Å²) < 4.78 is 5.32. The molecule has 0 bridgehead atoms. The van der Waals surface area contributed by atoms with Crippen molar-refractivity contribution in [2.24, 2.45) is 0 Å². The van der Waals surface area contributed by atoms with E-state index in [1.165, 1.54) is 6.20 Å². The van der Waals surface area contributed by atoms with Crippen molar-refractivity contribution in [2.45, 2.75) is 32.0 Å². The quantitative estimate of drug-likeness (QED) is 0.726. The summed E-state index contributed by atoms with van der Waals surface area (Å²) in [7, 11) is 0. The van der Waals surface area contributed by atoms with Crippen molar-refractivity contribution >= 4 is 11.8 Å². The maximum Gasteiger partial charge on any atom is 0.341 e. The van der Waals surface area contributed by atoms with E-state index in [2.05, 4.69) is 15.3 Å². The van der Waals surface area contributed by atoms with Crippen LogP contribution >= 0.6 is 0 Å². The molecule has 2 unspecified atom stereocenters. The van der Waals surface area contributed by atoms with Gasteiger partial charge in [0.15, 0.2) is 0 Å². The van der Waals surface area contributed by atoms with Gasteiger partial charge in [0, 0.05) is 25.8 Å². The van der Waals surface area contributed by atoms with Gasteiger partial charge in [-0.25, -0.2) is 14.8 Å². The van der Waals surface area contributed by atoms with Crippen molar-refractivity contribution < 1.29 is 19.7 Å². The van der Waals surface area contributed by atoms with Crippen LogP contribution in [-0.2, 0) is 4.74 Å². The molecular formula is C12H17N3O4. The lowest BCUT2D eigenvalue weighted by Crippen LogP contribution is -2.43. The first-order valence-electron chi connectivity index (χ1n) is 6.07. The molecule has 0 aliphatic carbocycles. The largest absolute Gasteiger partial charge is 0.477 e. The fraction of sp³-hybridized carbons (Fsp3) is 0.583. The Labute approximate surface area is 110 Å². The molecule has 1 fully saturated rings. The summed E-state index contributed by atoms with van der Waals surface area (Å²) in [6.07, 6.45) is 1.47. The molecule has 2 atom stereocenters. The zero-order chi connectivity index (χ0) is 14.0. The van der Waals surface area contributed by atoms with E-state index in [0.29, 0.717) is 18.9 Å². The molecule has 7 heteroatoms. The van der Waals surface area contributed by atoms with Crippen LogP contribution < -0.4 is 5.32 Å². The maximum absolute atomic E-state index is 11.1. The monoisotopic (exact) mass is 267 g/mol. The first kappa shape index (κ1) is 13.7. The van der Waals surface area contributed by atoms with Gasteiger partial charge in [-0.15, -0.1) is 0 Å². The average molecular weight is 267 g/mol. The Morgan fingerprint density at radius 2 is 2.42 bits per heavy atom. The topological polar surface area (TPSA) is 105 Å². The van der Waals surface area contributed by atoms with E-state index < -0.39 is 11.6 Å². The highest BCUT2D eigenvalue weighted by Gasteiger charge is 2.39. The average Bonchev–Trinajstić information content (AvgIpc) is 2.67. The Balaban J connectivity index is 2.15. The summed E-state index contributed by atoms with van der Waals surface area (Å²) in [5, 5.41) is 22.3. The smallest absolute Gasteiger partial charge is 0.341 e. The van der Waals surface area contributed by atoms with E-state index in [0.717, 1.165) is 0 Å². The third kappa shape index (κ3) is 2.82. The van der Waals surface area contributed by atoms with Crippen LogP contribution in [0.1, 0.15) is 29.5 Å². The minimum atomic E-state index is -1.11. The fourth-order valence-electron chi connectivity index (χ4n) is 2.00. The molecule has 2 heterocycles. The second kappa shape index (κ2) is 5.10. The van der Waals surface area contributed by atoms with Gasteiger partial charge >= 0.3 is 5.97 Å². The zero-order valence-electron chi connectivity index (χ0n) is 10.9. The number of hydrogen-bond acceptors (Lipinski definition) is 6. The highest BCUT2D eigenvalue weighted by molar-refractivity contribution is 5.92. The number of nitrogens with zero attached hydrogens (tertiary/aromatic N) is 2. The second-order valence-electron chi connectivity index (χ2n) is 4.70. The van der Waals surface area contributed by atoms with Crippen LogP contribution in [0, 0.1) is 6.92 Å². The van der Waals surface area contributed by atoms with Crippen molar-refractivity contribution in [3.8, 4) is 0 Å². The number of nitrogens with one attached hydrogen (secondary N) is 1. The van der Waals surface area contributed by atoms with Gasteiger partial charge in [0.1, 0.15) is 22.8 Å². The van der Waals surface area contributed by atoms with Crippen LogP contribution in [0.3, 0.4) is 0 Å². The number of aromatic nitrogens is 2. The van der Waals surface area contributed by atoms with Gasteiger partial charge in [-0.3, -0.25) is 0 Å². The summed E-state index contributed by atoms with van der Waals surface area (Å²) in [5.41, 5.74) is -1.02.